The van der Waals surface area contributed by atoms with Gasteiger partial charge in [-0.3, -0.25) is 4.98 Å². The van der Waals surface area contributed by atoms with E-state index in [0.717, 1.165) is 40.6 Å². The van der Waals surface area contributed by atoms with Gasteiger partial charge in [0.2, 0.25) is 0 Å². The maximum Gasteiger partial charge on any atom is 0.148 e. The minimum Gasteiger partial charge on any atom is -0.458 e. The molecule has 2 aromatic heterocycles. The van der Waals surface area contributed by atoms with Crippen LogP contribution >= 0.6 is 27.3 Å². The number of halogens is 1. The fraction of sp³-hybridized carbons (Fsp3) is 0.312. The number of thiazole rings is 1. The Bertz CT molecular complexity index is 708. The lowest BCUT2D eigenvalue weighted by Crippen LogP contribution is -2.23. The molecule has 3 nitrogen and oxygen atoms in total. The van der Waals surface area contributed by atoms with Crippen molar-refractivity contribution in [3.05, 3.63) is 51.1 Å². The molecule has 0 amide bonds. The van der Waals surface area contributed by atoms with E-state index in [9.17, 15) is 0 Å². The van der Waals surface area contributed by atoms with Crippen LogP contribution in [0.15, 0.2) is 44.9 Å². The summed E-state index contributed by atoms with van der Waals surface area (Å²) in [5, 5.41) is 4.71. The summed E-state index contributed by atoms with van der Waals surface area (Å²) in [6.07, 6.45) is 3.94. The largest absolute Gasteiger partial charge is 0.458 e. The zero-order valence-electron chi connectivity index (χ0n) is 11.8. The van der Waals surface area contributed by atoms with Crippen molar-refractivity contribution >= 4 is 38.2 Å². The molecular weight excluding hydrogens is 348 g/mol. The minimum atomic E-state index is 0.185. The van der Waals surface area contributed by atoms with Gasteiger partial charge in [0.25, 0.3) is 0 Å². The summed E-state index contributed by atoms with van der Waals surface area (Å²) in [7, 11) is 0. The standard InChI is InChI=1S/C16H17BrN2OS/c1-2-6-19-14(8-12-9-18-10-21-12)15-7-11-4-3-5-13(17)16(11)20-15/h3-5,7,9-10,14,19H,2,6,8H2,1H3. The molecule has 0 aliphatic rings. The van der Waals surface area contributed by atoms with E-state index in [1.165, 1.54) is 4.88 Å². The molecule has 2 heterocycles. The van der Waals surface area contributed by atoms with Gasteiger partial charge >= 0.3 is 0 Å². The highest BCUT2D eigenvalue weighted by Gasteiger charge is 2.18. The van der Waals surface area contributed by atoms with Crippen LogP contribution in [0.3, 0.4) is 0 Å². The predicted molar refractivity (Wildman–Crippen MR) is 90.8 cm³/mol. The molecule has 0 spiro atoms. The molecule has 0 aliphatic heterocycles. The van der Waals surface area contributed by atoms with Gasteiger partial charge in [0, 0.05) is 22.9 Å². The third-order valence-corrected chi connectivity index (χ3v) is 4.81. The van der Waals surface area contributed by atoms with Crippen LogP contribution in [0.25, 0.3) is 11.0 Å². The summed E-state index contributed by atoms with van der Waals surface area (Å²) in [5.41, 5.74) is 2.79. The molecule has 1 N–H and O–H groups in total. The number of hydrogen-bond donors (Lipinski definition) is 1. The molecule has 110 valence electrons. The smallest absolute Gasteiger partial charge is 0.148 e. The van der Waals surface area contributed by atoms with Crippen molar-refractivity contribution in [3.63, 3.8) is 0 Å². The van der Waals surface area contributed by atoms with E-state index in [4.69, 9.17) is 4.42 Å². The number of hydrogen-bond acceptors (Lipinski definition) is 4. The number of aromatic nitrogens is 1. The Morgan fingerprint density at radius 3 is 3.05 bits per heavy atom. The number of benzene rings is 1. The Labute approximate surface area is 136 Å². The van der Waals surface area contributed by atoms with Gasteiger partial charge in [-0.2, -0.15) is 0 Å². The topological polar surface area (TPSA) is 38.1 Å². The molecule has 5 heteroatoms. The molecule has 1 aromatic carbocycles. The van der Waals surface area contributed by atoms with Gasteiger partial charge in [-0.05, 0) is 41.0 Å². The number of nitrogens with one attached hydrogen (secondary N) is 1. The minimum absolute atomic E-state index is 0.185. The van der Waals surface area contributed by atoms with Crippen LogP contribution in [0.4, 0.5) is 0 Å². The fourth-order valence-corrected chi connectivity index (χ4v) is 3.46. The van der Waals surface area contributed by atoms with Crippen molar-refractivity contribution in [1.29, 1.82) is 0 Å². The molecule has 0 saturated heterocycles. The first-order chi connectivity index (χ1) is 10.3. The summed E-state index contributed by atoms with van der Waals surface area (Å²) >= 11 is 5.24. The highest BCUT2D eigenvalue weighted by molar-refractivity contribution is 9.10. The van der Waals surface area contributed by atoms with Gasteiger partial charge in [-0.15, -0.1) is 11.3 Å². The van der Waals surface area contributed by atoms with Crippen molar-refractivity contribution < 1.29 is 4.42 Å². The maximum atomic E-state index is 6.08. The van der Waals surface area contributed by atoms with Gasteiger partial charge < -0.3 is 9.73 Å². The van der Waals surface area contributed by atoms with Gasteiger partial charge in [0.15, 0.2) is 0 Å². The average molecular weight is 365 g/mol. The quantitative estimate of drug-likeness (QED) is 0.673. The monoisotopic (exact) mass is 364 g/mol. The Hall–Kier alpha value is -1.17. The van der Waals surface area contributed by atoms with Crippen molar-refractivity contribution in [2.24, 2.45) is 0 Å². The maximum absolute atomic E-state index is 6.08. The lowest BCUT2D eigenvalue weighted by atomic mass is 10.1. The summed E-state index contributed by atoms with van der Waals surface area (Å²) < 4.78 is 7.08. The van der Waals surface area contributed by atoms with Gasteiger partial charge in [0.05, 0.1) is 16.0 Å². The summed E-state index contributed by atoms with van der Waals surface area (Å²) in [6.45, 7) is 3.15. The van der Waals surface area contributed by atoms with Crippen LogP contribution in [0.5, 0.6) is 0 Å². The first kappa shape index (κ1) is 14.8. The van der Waals surface area contributed by atoms with E-state index in [2.05, 4.69) is 45.3 Å². The van der Waals surface area contributed by atoms with Crippen LogP contribution in [0, 0.1) is 0 Å². The number of para-hydroxylation sites is 1. The van der Waals surface area contributed by atoms with Crippen molar-refractivity contribution in [3.8, 4) is 0 Å². The molecule has 3 aromatic rings. The molecule has 1 unspecified atom stereocenters. The first-order valence-electron chi connectivity index (χ1n) is 7.06. The van der Waals surface area contributed by atoms with Gasteiger partial charge in [0.1, 0.15) is 11.3 Å². The van der Waals surface area contributed by atoms with Crippen molar-refractivity contribution in [2.75, 3.05) is 6.54 Å². The van der Waals surface area contributed by atoms with Crippen LogP contribution < -0.4 is 5.32 Å². The highest BCUT2D eigenvalue weighted by atomic mass is 79.9. The molecule has 0 fully saturated rings. The van der Waals surface area contributed by atoms with Crippen LogP contribution in [0.1, 0.15) is 30.0 Å². The second-order valence-corrected chi connectivity index (χ2v) is 6.81. The fourth-order valence-electron chi connectivity index (χ4n) is 2.36. The van der Waals surface area contributed by atoms with E-state index >= 15 is 0 Å². The summed E-state index contributed by atoms with van der Waals surface area (Å²) in [5.74, 6) is 0.985. The number of rotatable bonds is 6. The van der Waals surface area contributed by atoms with Crippen LogP contribution in [-0.4, -0.2) is 11.5 Å². The average Bonchev–Trinajstić information content (AvgIpc) is 3.13. The van der Waals surface area contributed by atoms with Crippen molar-refractivity contribution in [2.45, 2.75) is 25.8 Å². The van der Waals surface area contributed by atoms with Crippen LogP contribution in [-0.2, 0) is 6.42 Å². The van der Waals surface area contributed by atoms with E-state index in [1.54, 1.807) is 11.3 Å². The zero-order valence-corrected chi connectivity index (χ0v) is 14.2. The summed E-state index contributed by atoms with van der Waals surface area (Å²) in [4.78, 5) is 5.43. The zero-order chi connectivity index (χ0) is 14.7. The van der Waals surface area contributed by atoms with E-state index in [1.807, 2.05) is 23.8 Å². The Morgan fingerprint density at radius 2 is 2.33 bits per heavy atom. The molecule has 0 bridgehead atoms. The number of fused-ring (bicyclic) bond motifs is 1. The van der Waals surface area contributed by atoms with Gasteiger partial charge in [-0.25, -0.2) is 0 Å². The Balaban J connectivity index is 1.91. The third kappa shape index (κ3) is 3.36. The van der Waals surface area contributed by atoms with E-state index in [0.29, 0.717) is 0 Å². The second kappa shape index (κ2) is 6.73. The Morgan fingerprint density at radius 1 is 1.43 bits per heavy atom. The molecule has 0 radical (unpaired) electrons. The van der Waals surface area contributed by atoms with Crippen LogP contribution in [0.2, 0.25) is 0 Å². The lowest BCUT2D eigenvalue weighted by molar-refractivity contribution is 0.428. The highest BCUT2D eigenvalue weighted by Crippen LogP contribution is 2.31. The third-order valence-electron chi connectivity index (χ3n) is 3.39. The second-order valence-electron chi connectivity index (χ2n) is 4.99. The molecule has 0 saturated carbocycles. The SMILES string of the molecule is CCCNC(Cc1cncs1)c1cc2cccc(Br)c2o1. The number of nitrogens with zero attached hydrogens (tertiary/aromatic N) is 1. The summed E-state index contributed by atoms with van der Waals surface area (Å²) in [6, 6.07) is 8.44. The molecule has 0 aliphatic carbocycles. The van der Waals surface area contributed by atoms with Crippen molar-refractivity contribution in [1.82, 2.24) is 10.3 Å². The van der Waals surface area contributed by atoms with E-state index < -0.39 is 0 Å². The molecular formula is C16H17BrN2OS. The molecule has 1 atom stereocenters. The molecule has 3 rings (SSSR count). The normalized spacial score (nSPS) is 12.9. The lowest BCUT2D eigenvalue weighted by Gasteiger charge is -2.15. The number of furan rings is 1. The van der Waals surface area contributed by atoms with E-state index in [-0.39, 0.29) is 6.04 Å². The van der Waals surface area contributed by atoms with Gasteiger partial charge in [-0.1, -0.05) is 19.1 Å². The predicted octanol–water partition coefficient (Wildman–Crippen LogP) is 4.94. The Kier molecular flexibility index (Phi) is 4.73. The first-order valence-corrected chi connectivity index (χ1v) is 8.74. The molecule has 21 heavy (non-hydrogen) atoms.